The maximum atomic E-state index is 12.6. The number of hydrogen-bond acceptors (Lipinski definition) is 5. The number of benzene rings is 2. The van der Waals surface area contributed by atoms with Gasteiger partial charge in [0.05, 0.1) is 16.1 Å². The molecule has 0 saturated carbocycles. The van der Waals surface area contributed by atoms with Gasteiger partial charge in [-0.15, -0.1) is 0 Å². The molecule has 4 rings (SSSR count). The zero-order valence-corrected chi connectivity index (χ0v) is 17.4. The Morgan fingerprint density at radius 2 is 1.50 bits per heavy atom. The summed E-state index contributed by atoms with van der Waals surface area (Å²) in [5, 5.41) is 21.6. The molecule has 164 valence electrons. The molecular weight excluding hydrogens is 414 g/mol. The molecule has 4 N–H and O–H groups in total. The number of aryl methyl sites for hydroxylation is 2. The summed E-state index contributed by atoms with van der Waals surface area (Å²) in [4.78, 5) is 35.5. The van der Waals surface area contributed by atoms with Crippen molar-refractivity contribution in [2.45, 2.75) is 26.4 Å². The SMILES string of the molecule is Cc1[nH][nH]c(=O)c1C(c1cccc(OCc2ccc([N+](=O)[O-])cc2)c1)c1c(C)[nH][nH]c1=O. The van der Waals surface area contributed by atoms with Gasteiger partial charge >= 0.3 is 0 Å². The molecule has 32 heavy (non-hydrogen) atoms. The fraction of sp³-hybridized carbons (Fsp3) is 0.182. The average molecular weight is 435 g/mol. The van der Waals surface area contributed by atoms with Crippen LogP contribution in [-0.4, -0.2) is 25.3 Å². The number of hydrogen-bond donors (Lipinski definition) is 4. The first kappa shape index (κ1) is 20.9. The molecule has 0 atom stereocenters. The van der Waals surface area contributed by atoms with Gasteiger partial charge in [-0.25, -0.2) is 0 Å². The highest BCUT2D eigenvalue weighted by atomic mass is 16.6. The van der Waals surface area contributed by atoms with Crippen LogP contribution in [0.4, 0.5) is 5.69 Å². The summed E-state index contributed by atoms with van der Waals surface area (Å²) in [5.74, 6) is -0.0667. The van der Waals surface area contributed by atoms with Crippen molar-refractivity contribution in [3.63, 3.8) is 0 Å². The molecule has 0 fully saturated rings. The molecule has 4 aromatic rings. The van der Waals surface area contributed by atoms with Gasteiger partial charge in [0.15, 0.2) is 0 Å². The predicted molar refractivity (Wildman–Crippen MR) is 117 cm³/mol. The number of non-ortho nitro benzene ring substituents is 1. The van der Waals surface area contributed by atoms with Crippen LogP contribution in [0.15, 0.2) is 58.1 Å². The fourth-order valence-electron chi connectivity index (χ4n) is 3.75. The number of nitrogens with zero attached hydrogens (tertiary/aromatic N) is 1. The van der Waals surface area contributed by atoms with Crippen LogP contribution >= 0.6 is 0 Å². The van der Waals surface area contributed by atoms with E-state index in [1.807, 2.05) is 6.07 Å². The topological polar surface area (TPSA) is 150 Å². The Kier molecular flexibility index (Phi) is 5.50. The van der Waals surface area contributed by atoms with E-state index < -0.39 is 10.8 Å². The number of ether oxygens (including phenoxy) is 1. The Hall–Kier alpha value is -4.34. The number of nitro groups is 1. The van der Waals surface area contributed by atoms with Gasteiger partial charge in [-0.1, -0.05) is 12.1 Å². The third kappa shape index (κ3) is 3.97. The van der Waals surface area contributed by atoms with Gasteiger partial charge in [-0.2, -0.15) is 0 Å². The molecule has 10 nitrogen and oxygen atoms in total. The van der Waals surface area contributed by atoms with E-state index in [1.165, 1.54) is 12.1 Å². The van der Waals surface area contributed by atoms with Crippen LogP contribution in [0.25, 0.3) is 0 Å². The normalized spacial score (nSPS) is 11.1. The van der Waals surface area contributed by atoms with Crippen molar-refractivity contribution in [3.8, 4) is 5.75 Å². The van der Waals surface area contributed by atoms with Gasteiger partial charge in [-0.3, -0.25) is 29.9 Å². The van der Waals surface area contributed by atoms with Crippen molar-refractivity contribution in [1.29, 1.82) is 0 Å². The first-order valence-electron chi connectivity index (χ1n) is 9.85. The first-order valence-corrected chi connectivity index (χ1v) is 9.85. The third-order valence-electron chi connectivity index (χ3n) is 5.35. The highest BCUT2D eigenvalue weighted by Gasteiger charge is 2.28. The van der Waals surface area contributed by atoms with Crippen LogP contribution in [0.1, 0.15) is 39.6 Å². The monoisotopic (exact) mass is 435 g/mol. The van der Waals surface area contributed by atoms with E-state index >= 15 is 0 Å². The van der Waals surface area contributed by atoms with Crippen LogP contribution in [0.2, 0.25) is 0 Å². The Morgan fingerprint density at radius 1 is 0.906 bits per heavy atom. The van der Waals surface area contributed by atoms with Crippen LogP contribution in [0, 0.1) is 24.0 Å². The summed E-state index contributed by atoms with van der Waals surface area (Å²) >= 11 is 0. The van der Waals surface area contributed by atoms with Gasteiger partial charge in [0.2, 0.25) is 0 Å². The van der Waals surface area contributed by atoms with E-state index in [0.717, 1.165) is 5.56 Å². The smallest absolute Gasteiger partial charge is 0.269 e. The van der Waals surface area contributed by atoms with E-state index in [9.17, 15) is 19.7 Å². The summed E-state index contributed by atoms with van der Waals surface area (Å²) in [6.07, 6.45) is 0. The number of nitro benzene ring substituents is 1. The molecule has 0 bridgehead atoms. The molecule has 0 aliphatic carbocycles. The number of nitrogens with one attached hydrogen (secondary N) is 4. The van der Waals surface area contributed by atoms with Crippen molar-refractivity contribution in [2.75, 3.05) is 0 Å². The Morgan fingerprint density at radius 3 is 2.00 bits per heavy atom. The fourth-order valence-corrected chi connectivity index (χ4v) is 3.75. The van der Waals surface area contributed by atoms with Gasteiger partial charge in [0.25, 0.3) is 16.8 Å². The lowest BCUT2D eigenvalue weighted by molar-refractivity contribution is -0.384. The van der Waals surface area contributed by atoms with Gasteiger partial charge < -0.3 is 14.9 Å². The molecule has 2 heterocycles. The van der Waals surface area contributed by atoms with Gasteiger partial charge in [-0.05, 0) is 49.2 Å². The Labute approximate surface area is 181 Å². The van der Waals surface area contributed by atoms with E-state index in [4.69, 9.17) is 4.74 Å². The molecule has 0 radical (unpaired) electrons. The second kappa shape index (κ2) is 8.42. The van der Waals surface area contributed by atoms with Crippen LogP contribution in [0.5, 0.6) is 5.75 Å². The molecule has 0 aliphatic heterocycles. The summed E-state index contributed by atoms with van der Waals surface area (Å²) in [7, 11) is 0. The van der Waals surface area contributed by atoms with Gasteiger partial charge in [0.1, 0.15) is 12.4 Å². The molecule has 0 amide bonds. The summed E-state index contributed by atoms with van der Waals surface area (Å²) in [6, 6.07) is 13.3. The zero-order valence-electron chi connectivity index (χ0n) is 17.4. The molecule has 0 aliphatic rings. The highest BCUT2D eigenvalue weighted by molar-refractivity contribution is 5.46. The lowest BCUT2D eigenvalue weighted by atomic mass is 9.85. The van der Waals surface area contributed by atoms with Crippen molar-refractivity contribution in [1.82, 2.24) is 20.4 Å². The third-order valence-corrected chi connectivity index (χ3v) is 5.35. The second-order valence-electron chi connectivity index (χ2n) is 7.45. The molecular formula is C22H21N5O5. The number of H-pyrrole nitrogens is 4. The van der Waals surface area contributed by atoms with E-state index in [-0.39, 0.29) is 23.4 Å². The van der Waals surface area contributed by atoms with Crippen LogP contribution in [0.3, 0.4) is 0 Å². The van der Waals surface area contributed by atoms with Gasteiger partial charge in [0, 0.05) is 29.4 Å². The predicted octanol–water partition coefficient (Wildman–Crippen LogP) is 3.00. The average Bonchev–Trinajstić information content (AvgIpc) is 3.29. The maximum Gasteiger partial charge on any atom is 0.269 e. The Bertz CT molecular complexity index is 1320. The maximum absolute atomic E-state index is 12.6. The Balaban J connectivity index is 1.68. The summed E-state index contributed by atoms with van der Waals surface area (Å²) < 4.78 is 5.88. The van der Waals surface area contributed by atoms with E-state index in [2.05, 4.69) is 20.4 Å². The number of rotatable bonds is 7. The van der Waals surface area contributed by atoms with Crippen molar-refractivity contribution in [3.05, 3.63) is 113 Å². The quantitative estimate of drug-likeness (QED) is 0.260. The zero-order chi connectivity index (χ0) is 22.8. The highest BCUT2D eigenvalue weighted by Crippen LogP contribution is 2.32. The van der Waals surface area contributed by atoms with Crippen LogP contribution < -0.4 is 15.9 Å². The number of aromatic nitrogens is 4. The second-order valence-corrected chi connectivity index (χ2v) is 7.45. The van der Waals surface area contributed by atoms with E-state index in [0.29, 0.717) is 33.8 Å². The standard InChI is InChI=1S/C22H21N5O5/c1-12-18(21(28)25-23-12)20(19-13(2)24-26-22(19)29)15-4-3-5-17(10-15)32-11-14-6-8-16(9-7-14)27(30)31/h3-10,20H,11H2,1-2H3,(H2,23,25,28)(H2,24,26,29). The van der Waals surface area contributed by atoms with Crippen molar-refractivity contribution >= 4 is 5.69 Å². The van der Waals surface area contributed by atoms with E-state index in [1.54, 1.807) is 44.2 Å². The largest absolute Gasteiger partial charge is 0.489 e. The van der Waals surface area contributed by atoms with Crippen molar-refractivity contribution in [2.24, 2.45) is 0 Å². The molecule has 0 spiro atoms. The molecule has 10 heteroatoms. The van der Waals surface area contributed by atoms with Crippen molar-refractivity contribution < 1.29 is 9.66 Å². The summed E-state index contributed by atoms with van der Waals surface area (Å²) in [6.45, 7) is 3.75. The molecule has 2 aromatic carbocycles. The van der Waals surface area contributed by atoms with Crippen LogP contribution in [-0.2, 0) is 6.61 Å². The molecule has 0 unspecified atom stereocenters. The first-order chi connectivity index (χ1) is 15.3. The lowest BCUT2D eigenvalue weighted by Gasteiger charge is -2.17. The minimum Gasteiger partial charge on any atom is -0.489 e. The summed E-state index contributed by atoms with van der Waals surface area (Å²) in [5.41, 5.74) is 3.07. The minimum atomic E-state index is -0.608. The number of aromatic amines is 4. The minimum absolute atomic E-state index is 0.0118. The molecule has 0 saturated heterocycles. The lowest BCUT2D eigenvalue weighted by Crippen LogP contribution is -2.20. The molecule has 2 aromatic heterocycles.